The van der Waals surface area contributed by atoms with E-state index in [2.05, 4.69) is 16.1 Å². The van der Waals surface area contributed by atoms with Crippen LogP contribution in [0.2, 0.25) is 0 Å². The normalized spacial score (nSPS) is 9.14. The molecule has 0 aromatic rings. The summed E-state index contributed by atoms with van der Waals surface area (Å²) in [5.74, 6) is 0. The topological polar surface area (TPSA) is 105 Å². The first-order valence-corrected chi connectivity index (χ1v) is 4.03. The number of hydrogen-bond acceptors (Lipinski definition) is 4. The van der Waals surface area contributed by atoms with Gasteiger partial charge in [-0.25, -0.2) is 9.59 Å². The lowest BCUT2D eigenvalue weighted by atomic mass is 10.2. The summed E-state index contributed by atoms with van der Waals surface area (Å²) in [4.78, 5) is 20.3. The van der Waals surface area contributed by atoms with Crippen molar-refractivity contribution in [3.05, 3.63) is 12.2 Å². The van der Waals surface area contributed by atoms with Gasteiger partial charge in [-0.3, -0.25) is 0 Å². The molecule has 0 bridgehead atoms. The molecule has 2 amide bonds. The number of primary amides is 2. The molecule has 14 heavy (non-hydrogen) atoms. The summed E-state index contributed by atoms with van der Waals surface area (Å²) in [5, 5.41) is 0. The van der Waals surface area contributed by atoms with E-state index in [1.54, 1.807) is 0 Å². The number of rotatable bonds is 6. The summed E-state index contributed by atoms with van der Waals surface area (Å²) in [6.45, 7) is 3.96. The lowest BCUT2D eigenvalue weighted by molar-refractivity contribution is 0.154. The summed E-state index contributed by atoms with van der Waals surface area (Å²) < 4.78 is 8.97. The molecule has 0 atom stereocenters. The molecule has 0 fully saturated rings. The maximum absolute atomic E-state index is 10.2. The van der Waals surface area contributed by atoms with E-state index in [0.717, 1.165) is 0 Å². The molecule has 80 valence electrons. The fraction of sp³-hybridized carbons (Fsp3) is 0.500. The van der Waals surface area contributed by atoms with Gasteiger partial charge in [0.2, 0.25) is 0 Å². The average Bonchev–Trinajstić information content (AvgIpc) is 2.08. The molecule has 0 saturated heterocycles. The molecule has 0 aromatic carbocycles. The van der Waals surface area contributed by atoms with Gasteiger partial charge in [0.1, 0.15) is 6.61 Å². The summed E-state index contributed by atoms with van der Waals surface area (Å²) in [6, 6.07) is 0. The Balaban J connectivity index is 3.36. The first-order valence-electron chi connectivity index (χ1n) is 4.03. The Morgan fingerprint density at radius 3 is 2.21 bits per heavy atom. The van der Waals surface area contributed by atoms with Gasteiger partial charge < -0.3 is 20.9 Å². The van der Waals surface area contributed by atoms with Crippen LogP contribution >= 0.6 is 0 Å². The number of nitrogens with two attached hydrogens (primary N) is 2. The largest absolute Gasteiger partial charge is 0.450 e. The second-order valence-electron chi connectivity index (χ2n) is 2.63. The molecular weight excluding hydrogens is 188 g/mol. The van der Waals surface area contributed by atoms with Gasteiger partial charge in [-0.1, -0.05) is 6.58 Å². The summed E-state index contributed by atoms with van der Waals surface area (Å²) in [7, 11) is 0. The lowest BCUT2D eigenvalue weighted by Crippen LogP contribution is -2.15. The Morgan fingerprint density at radius 2 is 1.71 bits per heavy atom. The molecule has 0 aliphatic carbocycles. The molecular formula is C8H14N2O4. The lowest BCUT2D eigenvalue weighted by Gasteiger charge is -2.05. The maximum atomic E-state index is 10.2. The SMILES string of the molecule is C=C(CCCOC(N)=O)COC(N)=O. The Morgan fingerprint density at radius 1 is 1.14 bits per heavy atom. The maximum Gasteiger partial charge on any atom is 0.404 e. The van der Waals surface area contributed by atoms with Crippen LogP contribution in [-0.2, 0) is 9.47 Å². The van der Waals surface area contributed by atoms with Crippen molar-refractivity contribution < 1.29 is 19.1 Å². The molecule has 4 N–H and O–H groups in total. The number of carbonyl (C=O) groups is 2. The monoisotopic (exact) mass is 202 g/mol. The first kappa shape index (κ1) is 12.3. The van der Waals surface area contributed by atoms with Gasteiger partial charge in [0, 0.05) is 0 Å². The van der Waals surface area contributed by atoms with Crippen LogP contribution in [-0.4, -0.2) is 25.4 Å². The highest BCUT2D eigenvalue weighted by Crippen LogP contribution is 2.02. The van der Waals surface area contributed by atoms with Gasteiger partial charge in [0.25, 0.3) is 0 Å². The van der Waals surface area contributed by atoms with Crippen molar-refractivity contribution in [1.82, 2.24) is 0 Å². The third-order valence-electron chi connectivity index (χ3n) is 1.34. The van der Waals surface area contributed by atoms with Crippen molar-refractivity contribution in [3.63, 3.8) is 0 Å². The Kier molecular flexibility index (Phi) is 5.93. The van der Waals surface area contributed by atoms with E-state index >= 15 is 0 Å². The number of amides is 2. The molecule has 0 aliphatic rings. The van der Waals surface area contributed by atoms with E-state index in [0.29, 0.717) is 18.4 Å². The van der Waals surface area contributed by atoms with Gasteiger partial charge in [-0.2, -0.15) is 0 Å². The van der Waals surface area contributed by atoms with Crippen molar-refractivity contribution in [2.75, 3.05) is 13.2 Å². The molecule has 0 saturated carbocycles. The van der Waals surface area contributed by atoms with Crippen LogP contribution in [0.5, 0.6) is 0 Å². The average molecular weight is 202 g/mol. The van der Waals surface area contributed by atoms with Gasteiger partial charge in [-0.15, -0.1) is 0 Å². The van der Waals surface area contributed by atoms with Crippen molar-refractivity contribution >= 4 is 12.2 Å². The van der Waals surface area contributed by atoms with Gasteiger partial charge in [0.15, 0.2) is 0 Å². The van der Waals surface area contributed by atoms with E-state index in [1.807, 2.05) is 0 Å². The molecule has 6 heteroatoms. The standard InChI is InChI=1S/C8H14N2O4/c1-6(5-14-8(10)12)3-2-4-13-7(9)11/h1-5H2,(H2,9,11)(H2,10,12). The Bertz CT molecular complexity index is 227. The Labute approximate surface area is 81.8 Å². The third kappa shape index (κ3) is 8.38. The highest BCUT2D eigenvalue weighted by Gasteiger charge is 1.99. The molecule has 0 unspecified atom stereocenters. The van der Waals surface area contributed by atoms with E-state index in [9.17, 15) is 9.59 Å². The van der Waals surface area contributed by atoms with E-state index in [-0.39, 0.29) is 13.2 Å². The molecule has 0 spiro atoms. The highest BCUT2D eigenvalue weighted by atomic mass is 16.5. The second kappa shape index (κ2) is 6.76. The molecule has 6 nitrogen and oxygen atoms in total. The second-order valence-corrected chi connectivity index (χ2v) is 2.63. The number of hydrogen-bond donors (Lipinski definition) is 2. The van der Waals surface area contributed by atoms with Crippen LogP contribution in [0, 0.1) is 0 Å². The zero-order chi connectivity index (χ0) is 11.0. The summed E-state index contributed by atoms with van der Waals surface area (Å²) >= 11 is 0. The fourth-order valence-electron chi connectivity index (χ4n) is 0.740. The van der Waals surface area contributed by atoms with E-state index < -0.39 is 12.2 Å². The Hall–Kier alpha value is -1.72. The zero-order valence-corrected chi connectivity index (χ0v) is 7.82. The highest BCUT2D eigenvalue weighted by molar-refractivity contribution is 5.64. The van der Waals surface area contributed by atoms with Crippen LogP contribution in [0.3, 0.4) is 0 Å². The van der Waals surface area contributed by atoms with Gasteiger partial charge in [-0.05, 0) is 18.4 Å². The van der Waals surface area contributed by atoms with Crippen molar-refractivity contribution in [2.45, 2.75) is 12.8 Å². The molecule has 0 aliphatic heterocycles. The first-order chi connectivity index (χ1) is 6.52. The van der Waals surface area contributed by atoms with Gasteiger partial charge in [0.05, 0.1) is 6.61 Å². The summed E-state index contributed by atoms with van der Waals surface area (Å²) in [5.41, 5.74) is 10.2. The van der Waals surface area contributed by atoms with Crippen molar-refractivity contribution in [1.29, 1.82) is 0 Å². The summed E-state index contributed by atoms with van der Waals surface area (Å²) in [6.07, 6.45) is -0.465. The van der Waals surface area contributed by atoms with Crippen LogP contribution < -0.4 is 11.5 Å². The number of carbonyl (C=O) groups excluding carboxylic acids is 2. The van der Waals surface area contributed by atoms with E-state index in [4.69, 9.17) is 11.5 Å². The van der Waals surface area contributed by atoms with Crippen molar-refractivity contribution in [3.8, 4) is 0 Å². The minimum absolute atomic E-state index is 0.0892. The number of ether oxygens (including phenoxy) is 2. The molecule has 0 heterocycles. The predicted octanol–water partition coefficient (Wildman–Crippen LogP) is 0.513. The molecule has 0 radical (unpaired) electrons. The van der Waals surface area contributed by atoms with Crippen LogP contribution in [0.15, 0.2) is 12.2 Å². The fourth-order valence-corrected chi connectivity index (χ4v) is 0.740. The minimum Gasteiger partial charge on any atom is -0.450 e. The quantitative estimate of drug-likeness (QED) is 0.483. The van der Waals surface area contributed by atoms with Crippen LogP contribution in [0.4, 0.5) is 9.59 Å². The molecule has 0 rings (SSSR count). The van der Waals surface area contributed by atoms with Gasteiger partial charge >= 0.3 is 12.2 Å². The molecule has 0 aromatic heterocycles. The minimum atomic E-state index is -0.834. The van der Waals surface area contributed by atoms with E-state index in [1.165, 1.54) is 0 Å². The van der Waals surface area contributed by atoms with Crippen LogP contribution in [0.1, 0.15) is 12.8 Å². The zero-order valence-electron chi connectivity index (χ0n) is 7.82. The van der Waals surface area contributed by atoms with Crippen molar-refractivity contribution in [2.24, 2.45) is 11.5 Å². The third-order valence-corrected chi connectivity index (χ3v) is 1.34. The smallest absolute Gasteiger partial charge is 0.404 e. The van der Waals surface area contributed by atoms with Crippen LogP contribution in [0.25, 0.3) is 0 Å². The predicted molar refractivity (Wildman–Crippen MR) is 49.4 cm³/mol.